The minimum absolute atomic E-state index is 0.00533. The van der Waals surface area contributed by atoms with Gasteiger partial charge in [-0.3, -0.25) is 13.9 Å². The molecule has 0 radical (unpaired) electrons. The van der Waals surface area contributed by atoms with Crippen LogP contribution in [0, 0.1) is 17.6 Å². The summed E-state index contributed by atoms with van der Waals surface area (Å²) in [4.78, 5) is 29.3. The maximum Gasteiger partial charge on any atom is 0.264 e. The highest BCUT2D eigenvalue weighted by atomic mass is 32.2. The van der Waals surface area contributed by atoms with Gasteiger partial charge in [-0.15, -0.1) is 0 Å². The molecule has 2 amide bonds. The first-order valence-corrected chi connectivity index (χ1v) is 16.7. The van der Waals surface area contributed by atoms with Gasteiger partial charge in [0, 0.05) is 31.1 Å². The predicted molar refractivity (Wildman–Crippen MR) is 179 cm³/mol. The molecule has 48 heavy (non-hydrogen) atoms. The second-order valence-electron chi connectivity index (χ2n) is 11.5. The van der Waals surface area contributed by atoms with Gasteiger partial charge in [-0.05, 0) is 53.9 Å². The van der Waals surface area contributed by atoms with Gasteiger partial charge in [0.15, 0.2) is 11.5 Å². The maximum absolute atomic E-state index is 15.1. The van der Waals surface area contributed by atoms with Crippen molar-refractivity contribution in [2.24, 2.45) is 5.92 Å². The summed E-state index contributed by atoms with van der Waals surface area (Å²) in [5.41, 5.74) is 0.868. The molecular formula is C36H39F2N3O6S. The van der Waals surface area contributed by atoms with Gasteiger partial charge in [0.1, 0.15) is 24.2 Å². The van der Waals surface area contributed by atoms with E-state index in [4.69, 9.17) is 9.47 Å². The third kappa shape index (κ3) is 8.88. The molecule has 0 fully saturated rings. The van der Waals surface area contributed by atoms with Crippen LogP contribution in [0.3, 0.4) is 0 Å². The van der Waals surface area contributed by atoms with E-state index in [1.807, 2.05) is 19.9 Å². The Morgan fingerprint density at radius 1 is 0.833 bits per heavy atom. The first kappa shape index (κ1) is 35.9. The average Bonchev–Trinajstić information content (AvgIpc) is 3.08. The lowest BCUT2D eigenvalue weighted by Crippen LogP contribution is -2.53. The largest absolute Gasteiger partial charge is 0.493 e. The van der Waals surface area contributed by atoms with Crippen molar-refractivity contribution in [2.75, 3.05) is 31.6 Å². The number of carbonyl (C=O) groups excluding carboxylic acids is 2. The normalized spacial score (nSPS) is 11.9. The van der Waals surface area contributed by atoms with Crippen LogP contribution in [-0.4, -0.2) is 58.5 Å². The number of amides is 2. The summed E-state index contributed by atoms with van der Waals surface area (Å²) in [7, 11) is -1.75. The lowest BCUT2D eigenvalue weighted by atomic mass is 10.0. The summed E-state index contributed by atoms with van der Waals surface area (Å²) in [6.07, 6.45) is 0.0734. The molecule has 1 atom stereocenters. The van der Waals surface area contributed by atoms with Crippen molar-refractivity contribution in [3.05, 3.63) is 120 Å². The zero-order valence-electron chi connectivity index (χ0n) is 27.2. The Balaban J connectivity index is 1.83. The van der Waals surface area contributed by atoms with Gasteiger partial charge in [-0.2, -0.15) is 0 Å². The summed E-state index contributed by atoms with van der Waals surface area (Å²) in [5.74, 6) is -1.95. The SMILES string of the molecule is COc1ccc(S(=O)(=O)N(CC(=O)N(Cc2ccccc2F)[C@@H](Cc2ccccc2)C(=O)NCC(C)C)c2ccc(F)cc2)cc1OC. The van der Waals surface area contributed by atoms with E-state index < -0.39 is 46.1 Å². The van der Waals surface area contributed by atoms with E-state index in [2.05, 4.69) is 5.32 Å². The highest BCUT2D eigenvalue weighted by molar-refractivity contribution is 7.92. The molecule has 12 heteroatoms. The van der Waals surface area contributed by atoms with E-state index in [0.717, 1.165) is 22.0 Å². The van der Waals surface area contributed by atoms with Crippen LogP contribution in [0.2, 0.25) is 0 Å². The second-order valence-corrected chi connectivity index (χ2v) is 13.3. The summed E-state index contributed by atoms with van der Waals surface area (Å²) in [5, 5.41) is 2.88. The van der Waals surface area contributed by atoms with Gasteiger partial charge in [0.2, 0.25) is 11.8 Å². The summed E-state index contributed by atoms with van der Waals surface area (Å²) in [6.45, 7) is 3.05. The van der Waals surface area contributed by atoms with Crippen LogP contribution in [0.15, 0.2) is 102 Å². The quantitative estimate of drug-likeness (QED) is 0.176. The molecule has 0 aliphatic heterocycles. The fourth-order valence-corrected chi connectivity index (χ4v) is 6.46. The lowest BCUT2D eigenvalue weighted by Gasteiger charge is -2.34. The molecule has 0 unspecified atom stereocenters. The Kier molecular flexibility index (Phi) is 12.1. The van der Waals surface area contributed by atoms with Gasteiger partial charge >= 0.3 is 0 Å². The molecule has 0 aliphatic carbocycles. The molecule has 0 bridgehead atoms. The van der Waals surface area contributed by atoms with Crippen LogP contribution < -0.4 is 19.1 Å². The van der Waals surface area contributed by atoms with Crippen molar-refractivity contribution in [1.82, 2.24) is 10.2 Å². The molecule has 254 valence electrons. The molecule has 0 saturated carbocycles. The van der Waals surface area contributed by atoms with Crippen LogP contribution in [-0.2, 0) is 32.6 Å². The van der Waals surface area contributed by atoms with E-state index in [9.17, 15) is 22.4 Å². The Morgan fingerprint density at radius 3 is 2.10 bits per heavy atom. The van der Waals surface area contributed by atoms with Gasteiger partial charge in [-0.1, -0.05) is 62.4 Å². The number of nitrogens with zero attached hydrogens (tertiary/aromatic N) is 2. The maximum atomic E-state index is 15.1. The number of benzene rings is 4. The number of nitrogens with one attached hydrogen (secondary N) is 1. The number of hydrogen-bond acceptors (Lipinski definition) is 6. The summed E-state index contributed by atoms with van der Waals surface area (Å²) < 4.78 is 69.0. The predicted octanol–water partition coefficient (Wildman–Crippen LogP) is 5.59. The molecule has 0 aromatic heterocycles. The van der Waals surface area contributed by atoms with Gasteiger partial charge in [-0.25, -0.2) is 17.2 Å². The Labute approximate surface area is 280 Å². The summed E-state index contributed by atoms with van der Waals surface area (Å²) >= 11 is 0. The monoisotopic (exact) mass is 679 g/mol. The molecular weight excluding hydrogens is 640 g/mol. The zero-order chi connectivity index (χ0) is 34.8. The molecule has 0 saturated heterocycles. The topological polar surface area (TPSA) is 105 Å². The number of carbonyl (C=O) groups is 2. The van der Waals surface area contributed by atoms with E-state index in [1.54, 1.807) is 30.3 Å². The number of sulfonamides is 1. The van der Waals surface area contributed by atoms with Crippen molar-refractivity contribution >= 4 is 27.5 Å². The highest BCUT2D eigenvalue weighted by Gasteiger charge is 2.35. The molecule has 4 aromatic carbocycles. The van der Waals surface area contributed by atoms with Crippen LogP contribution in [0.4, 0.5) is 14.5 Å². The molecule has 0 spiro atoms. The van der Waals surface area contributed by atoms with Crippen molar-refractivity contribution in [3.63, 3.8) is 0 Å². The number of methoxy groups -OCH3 is 2. The highest BCUT2D eigenvalue weighted by Crippen LogP contribution is 2.32. The van der Waals surface area contributed by atoms with Gasteiger partial charge < -0.3 is 19.7 Å². The standard InChI is InChI=1S/C36H39F2N3O6S/c1-25(2)22-39-36(43)32(20-26-10-6-5-7-11-26)40(23-27-12-8-9-13-31(27)38)35(42)24-41(29-16-14-28(37)15-17-29)48(44,45)30-18-19-33(46-3)34(21-30)47-4/h5-19,21,25,32H,20,22-24H2,1-4H3,(H,39,43)/t32-/m0/s1. The minimum atomic E-state index is -4.51. The smallest absolute Gasteiger partial charge is 0.264 e. The molecule has 0 heterocycles. The van der Waals surface area contributed by atoms with E-state index in [0.29, 0.717) is 6.54 Å². The first-order chi connectivity index (χ1) is 22.9. The van der Waals surface area contributed by atoms with Gasteiger partial charge in [0.25, 0.3) is 10.0 Å². The third-order valence-electron chi connectivity index (χ3n) is 7.59. The Morgan fingerprint density at radius 2 is 1.48 bits per heavy atom. The number of ether oxygens (including phenoxy) is 2. The molecule has 0 aliphatic rings. The Bertz CT molecular complexity index is 1800. The fourth-order valence-electron chi connectivity index (χ4n) is 5.03. The van der Waals surface area contributed by atoms with Crippen molar-refractivity contribution in [2.45, 2.75) is 37.8 Å². The first-order valence-electron chi connectivity index (χ1n) is 15.3. The summed E-state index contributed by atoms with van der Waals surface area (Å²) in [6, 6.07) is 22.3. The van der Waals surface area contributed by atoms with Crippen molar-refractivity contribution in [1.29, 1.82) is 0 Å². The van der Waals surface area contributed by atoms with Crippen molar-refractivity contribution in [3.8, 4) is 11.5 Å². The van der Waals surface area contributed by atoms with Crippen LogP contribution in [0.1, 0.15) is 25.0 Å². The lowest BCUT2D eigenvalue weighted by molar-refractivity contribution is -0.140. The molecule has 4 rings (SSSR count). The van der Waals surface area contributed by atoms with Crippen LogP contribution in [0.25, 0.3) is 0 Å². The zero-order valence-corrected chi connectivity index (χ0v) is 28.0. The number of rotatable bonds is 15. The van der Waals surface area contributed by atoms with Crippen LogP contribution in [0.5, 0.6) is 11.5 Å². The number of hydrogen-bond donors (Lipinski definition) is 1. The molecule has 1 N–H and O–H groups in total. The third-order valence-corrected chi connectivity index (χ3v) is 9.36. The number of anilines is 1. The van der Waals surface area contributed by atoms with Crippen LogP contribution >= 0.6 is 0 Å². The number of halogens is 2. The van der Waals surface area contributed by atoms with E-state index in [1.165, 1.54) is 67.7 Å². The van der Waals surface area contributed by atoms with E-state index >= 15 is 4.39 Å². The second kappa shape index (κ2) is 16.2. The fraction of sp³-hybridized carbons (Fsp3) is 0.278. The van der Waals surface area contributed by atoms with Gasteiger partial charge in [0.05, 0.1) is 24.8 Å². The van der Waals surface area contributed by atoms with Crippen molar-refractivity contribution < 1.29 is 36.3 Å². The minimum Gasteiger partial charge on any atom is -0.493 e. The van der Waals surface area contributed by atoms with E-state index in [-0.39, 0.29) is 46.5 Å². The molecule has 9 nitrogen and oxygen atoms in total. The molecule has 4 aromatic rings. The Hall–Kier alpha value is -4.97. The average molecular weight is 680 g/mol.